The van der Waals surface area contributed by atoms with Crippen molar-refractivity contribution in [2.45, 2.75) is 25.3 Å². The average molecular weight is 452 g/mol. The molecule has 5 rings (SSSR count). The lowest BCUT2D eigenvalue weighted by Crippen LogP contribution is -2.19. The van der Waals surface area contributed by atoms with Gasteiger partial charge in [0.2, 0.25) is 15.9 Å². The molecule has 2 aliphatic rings. The van der Waals surface area contributed by atoms with Crippen molar-refractivity contribution in [3.63, 3.8) is 0 Å². The second-order valence-electron chi connectivity index (χ2n) is 7.96. The minimum atomic E-state index is -3.42. The van der Waals surface area contributed by atoms with Crippen LogP contribution in [0, 0.1) is 0 Å². The molecule has 32 heavy (non-hydrogen) atoms. The number of sulfonamides is 1. The third-order valence-electron chi connectivity index (χ3n) is 5.11. The Bertz CT molecular complexity index is 1400. The van der Waals surface area contributed by atoms with Crippen molar-refractivity contribution in [2.24, 2.45) is 0 Å². The fourth-order valence-electron chi connectivity index (χ4n) is 3.53. The summed E-state index contributed by atoms with van der Waals surface area (Å²) in [5.41, 5.74) is 4.03. The number of anilines is 2. The summed E-state index contributed by atoms with van der Waals surface area (Å²) in [5.74, 6) is -0.757. The number of nitrogens with one attached hydrogen (secondary N) is 3. The van der Waals surface area contributed by atoms with Crippen LogP contribution in [0.25, 0.3) is 23.0 Å². The van der Waals surface area contributed by atoms with Crippen LogP contribution in [0.2, 0.25) is 0 Å². The van der Waals surface area contributed by atoms with Gasteiger partial charge in [0.1, 0.15) is 0 Å². The van der Waals surface area contributed by atoms with Crippen LogP contribution < -0.4 is 15.4 Å². The van der Waals surface area contributed by atoms with E-state index in [1.165, 1.54) is 0 Å². The molecule has 10 nitrogen and oxygen atoms in total. The fraction of sp³-hybridized carbons (Fsp3) is 0.238. The quantitative estimate of drug-likeness (QED) is 0.383. The molecule has 2 amide bonds. The fourth-order valence-corrected chi connectivity index (χ4v) is 4.09. The number of imidazole rings is 1. The Kier molecular flexibility index (Phi) is 4.70. The SMILES string of the molecule is CS(=O)(=O)Nc1cccc(-c2cc(NC3CC3)c3ncc(/C=C4\CC(=O)NC4=O)n3n2)c1. The number of benzene rings is 1. The van der Waals surface area contributed by atoms with Crippen molar-refractivity contribution in [1.82, 2.24) is 19.9 Å². The average Bonchev–Trinajstić information content (AvgIpc) is 3.35. The van der Waals surface area contributed by atoms with Crippen molar-refractivity contribution >= 4 is 44.9 Å². The topological polar surface area (TPSA) is 135 Å². The monoisotopic (exact) mass is 452 g/mol. The van der Waals surface area contributed by atoms with E-state index in [1.54, 1.807) is 35.0 Å². The van der Waals surface area contributed by atoms with Crippen LogP contribution in [0.5, 0.6) is 0 Å². The van der Waals surface area contributed by atoms with Gasteiger partial charge in [0.05, 0.1) is 35.9 Å². The summed E-state index contributed by atoms with van der Waals surface area (Å²) in [6, 6.07) is 9.19. The van der Waals surface area contributed by atoms with Crippen LogP contribution >= 0.6 is 0 Å². The molecule has 0 unspecified atom stereocenters. The molecular formula is C21H20N6O4S. The number of carbonyl (C=O) groups is 2. The van der Waals surface area contributed by atoms with Crippen LogP contribution in [0.15, 0.2) is 42.1 Å². The van der Waals surface area contributed by atoms with Crippen LogP contribution in [0.4, 0.5) is 11.4 Å². The maximum absolute atomic E-state index is 12.0. The van der Waals surface area contributed by atoms with Gasteiger partial charge in [-0.05, 0) is 37.1 Å². The predicted molar refractivity (Wildman–Crippen MR) is 119 cm³/mol. The molecule has 0 radical (unpaired) electrons. The molecule has 3 N–H and O–H groups in total. The van der Waals surface area contributed by atoms with Gasteiger partial charge >= 0.3 is 0 Å². The zero-order chi connectivity index (χ0) is 22.5. The zero-order valence-corrected chi connectivity index (χ0v) is 17.9. The number of fused-ring (bicyclic) bond motifs is 1. The van der Waals surface area contributed by atoms with E-state index in [9.17, 15) is 18.0 Å². The number of hydrogen-bond acceptors (Lipinski definition) is 7. The van der Waals surface area contributed by atoms with Crippen molar-refractivity contribution in [1.29, 1.82) is 0 Å². The van der Waals surface area contributed by atoms with Crippen molar-refractivity contribution in [3.05, 3.63) is 47.8 Å². The molecule has 1 saturated carbocycles. The molecule has 1 aromatic carbocycles. The highest BCUT2D eigenvalue weighted by atomic mass is 32.2. The van der Waals surface area contributed by atoms with E-state index in [-0.39, 0.29) is 12.3 Å². The van der Waals surface area contributed by atoms with E-state index in [0.29, 0.717) is 39.9 Å². The maximum Gasteiger partial charge on any atom is 0.254 e. The van der Waals surface area contributed by atoms with Crippen LogP contribution in [0.1, 0.15) is 25.0 Å². The Balaban J connectivity index is 1.62. The third kappa shape index (κ3) is 4.19. The van der Waals surface area contributed by atoms with Gasteiger partial charge in [0, 0.05) is 22.9 Å². The van der Waals surface area contributed by atoms with Gasteiger partial charge in [-0.2, -0.15) is 5.10 Å². The number of aromatic nitrogens is 3. The van der Waals surface area contributed by atoms with Gasteiger partial charge < -0.3 is 5.32 Å². The van der Waals surface area contributed by atoms with E-state index < -0.39 is 15.9 Å². The Morgan fingerprint density at radius 3 is 2.72 bits per heavy atom. The molecule has 1 aliphatic heterocycles. The Labute approximate surface area is 183 Å². The molecule has 1 saturated heterocycles. The van der Waals surface area contributed by atoms with Crippen LogP contribution in [-0.4, -0.2) is 47.1 Å². The lowest BCUT2D eigenvalue weighted by atomic mass is 10.1. The second kappa shape index (κ2) is 7.45. The first-order valence-electron chi connectivity index (χ1n) is 10.0. The van der Waals surface area contributed by atoms with E-state index in [0.717, 1.165) is 24.8 Å². The second-order valence-corrected chi connectivity index (χ2v) is 9.71. The standard InChI is InChI=1S/C21H20N6O4S/c1-32(30,31)26-15-4-2-3-12(7-15)17-10-18(23-14-5-6-14)20-22-11-16(27(20)25-17)8-13-9-19(28)24-21(13)29/h2-4,7-8,10-11,14,23,26H,5-6,9H2,1H3,(H,24,28,29)/b13-8+. The smallest absolute Gasteiger partial charge is 0.254 e. The minimum Gasteiger partial charge on any atom is -0.379 e. The number of nitrogens with zero attached hydrogens (tertiary/aromatic N) is 3. The molecule has 3 heterocycles. The molecule has 1 aliphatic carbocycles. The first-order chi connectivity index (χ1) is 15.2. The third-order valence-corrected chi connectivity index (χ3v) is 5.72. The lowest BCUT2D eigenvalue weighted by Gasteiger charge is -2.11. The molecule has 164 valence electrons. The zero-order valence-electron chi connectivity index (χ0n) is 17.1. The number of amides is 2. The number of imide groups is 1. The summed E-state index contributed by atoms with van der Waals surface area (Å²) in [5, 5.41) is 10.4. The summed E-state index contributed by atoms with van der Waals surface area (Å²) in [6.07, 6.45) is 6.46. The molecular weight excluding hydrogens is 432 g/mol. The minimum absolute atomic E-state index is 0.0120. The number of hydrogen-bond donors (Lipinski definition) is 3. The first-order valence-corrected chi connectivity index (χ1v) is 11.9. The van der Waals surface area contributed by atoms with Crippen LogP contribution in [-0.2, 0) is 19.6 Å². The number of rotatable bonds is 6. The summed E-state index contributed by atoms with van der Waals surface area (Å²) in [6.45, 7) is 0. The molecule has 3 aromatic rings. The molecule has 0 atom stereocenters. The molecule has 0 bridgehead atoms. The predicted octanol–water partition coefficient (Wildman–Crippen LogP) is 1.77. The van der Waals surface area contributed by atoms with Crippen molar-refractivity contribution in [3.8, 4) is 11.3 Å². The largest absolute Gasteiger partial charge is 0.379 e. The van der Waals surface area contributed by atoms with Crippen LogP contribution in [0.3, 0.4) is 0 Å². The number of carbonyl (C=O) groups excluding carboxylic acids is 2. The van der Waals surface area contributed by atoms with Gasteiger partial charge in [-0.25, -0.2) is 17.9 Å². The summed E-state index contributed by atoms with van der Waals surface area (Å²) in [4.78, 5) is 28.0. The molecule has 2 aromatic heterocycles. The van der Waals surface area contributed by atoms with Gasteiger partial charge in [-0.15, -0.1) is 0 Å². The van der Waals surface area contributed by atoms with Gasteiger partial charge in [0.25, 0.3) is 5.91 Å². The van der Waals surface area contributed by atoms with E-state index in [2.05, 4.69) is 20.3 Å². The normalized spacial score (nSPS) is 17.7. The maximum atomic E-state index is 12.0. The van der Waals surface area contributed by atoms with E-state index in [4.69, 9.17) is 5.10 Å². The van der Waals surface area contributed by atoms with E-state index in [1.807, 2.05) is 12.1 Å². The Hall–Kier alpha value is -3.73. The summed E-state index contributed by atoms with van der Waals surface area (Å²) < 4.78 is 27.3. The van der Waals surface area contributed by atoms with Gasteiger partial charge in [-0.1, -0.05) is 12.1 Å². The van der Waals surface area contributed by atoms with E-state index >= 15 is 0 Å². The summed E-state index contributed by atoms with van der Waals surface area (Å²) in [7, 11) is -3.42. The van der Waals surface area contributed by atoms with Crippen molar-refractivity contribution < 1.29 is 18.0 Å². The highest BCUT2D eigenvalue weighted by molar-refractivity contribution is 7.92. The molecule has 0 spiro atoms. The summed E-state index contributed by atoms with van der Waals surface area (Å²) >= 11 is 0. The Morgan fingerprint density at radius 2 is 2.03 bits per heavy atom. The van der Waals surface area contributed by atoms with Crippen molar-refractivity contribution in [2.75, 3.05) is 16.3 Å². The van der Waals surface area contributed by atoms with Gasteiger partial charge in [-0.3, -0.25) is 19.6 Å². The molecule has 2 fully saturated rings. The lowest BCUT2D eigenvalue weighted by molar-refractivity contribution is -0.124. The molecule has 11 heteroatoms. The Morgan fingerprint density at radius 1 is 1.22 bits per heavy atom. The highest BCUT2D eigenvalue weighted by Gasteiger charge is 2.26. The highest BCUT2D eigenvalue weighted by Crippen LogP contribution is 2.31. The first kappa shape index (κ1) is 20.2. The van der Waals surface area contributed by atoms with Gasteiger partial charge in [0.15, 0.2) is 5.65 Å².